The van der Waals surface area contributed by atoms with Gasteiger partial charge in [-0.25, -0.2) is 4.39 Å². The van der Waals surface area contributed by atoms with Gasteiger partial charge in [0.2, 0.25) is 0 Å². The highest BCUT2D eigenvalue weighted by atomic mass is 35.5. The van der Waals surface area contributed by atoms with Crippen molar-refractivity contribution >= 4 is 34.8 Å². The van der Waals surface area contributed by atoms with Crippen molar-refractivity contribution in [3.05, 3.63) is 82.6 Å². The molecule has 0 spiro atoms. The predicted molar refractivity (Wildman–Crippen MR) is 106 cm³/mol. The number of hydrogen-bond donors (Lipinski definition) is 1. The fourth-order valence-corrected chi connectivity index (χ4v) is 3.25. The first-order valence-corrected chi connectivity index (χ1v) is 8.70. The van der Waals surface area contributed by atoms with Crippen LogP contribution in [0.4, 0.5) is 10.1 Å². The summed E-state index contributed by atoms with van der Waals surface area (Å²) in [5.41, 5.74) is 4.22. The van der Waals surface area contributed by atoms with Crippen LogP contribution in [0.15, 0.2) is 60.7 Å². The molecule has 0 aliphatic carbocycles. The smallest absolute Gasteiger partial charge is 0.256 e. The van der Waals surface area contributed by atoms with Crippen LogP contribution in [0.5, 0.6) is 5.75 Å². The van der Waals surface area contributed by atoms with E-state index in [1.165, 1.54) is 12.1 Å². The Labute approximate surface area is 161 Å². The molecule has 27 heavy (non-hydrogen) atoms. The van der Waals surface area contributed by atoms with Gasteiger partial charge in [0.25, 0.3) is 5.91 Å². The Kier molecular flexibility index (Phi) is 4.42. The number of nitrogens with one attached hydrogen (secondary N) is 1. The topological polar surface area (TPSA) is 38.3 Å². The van der Waals surface area contributed by atoms with E-state index in [-0.39, 0.29) is 11.7 Å². The highest BCUT2D eigenvalue weighted by molar-refractivity contribution is 6.35. The zero-order chi connectivity index (χ0) is 19.0. The molecule has 1 aliphatic rings. The first-order valence-electron chi connectivity index (χ1n) is 8.32. The van der Waals surface area contributed by atoms with Crippen molar-refractivity contribution in [2.24, 2.45) is 0 Å². The van der Waals surface area contributed by atoms with Gasteiger partial charge in [0.15, 0.2) is 0 Å². The summed E-state index contributed by atoms with van der Waals surface area (Å²) < 4.78 is 19.0. The number of benzene rings is 3. The van der Waals surface area contributed by atoms with Gasteiger partial charge in [-0.1, -0.05) is 29.8 Å². The third-order valence-corrected chi connectivity index (χ3v) is 4.73. The third kappa shape index (κ3) is 3.32. The van der Waals surface area contributed by atoms with E-state index in [4.69, 9.17) is 16.3 Å². The molecule has 3 aromatic carbocycles. The molecule has 0 unspecified atom stereocenters. The molecule has 1 amide bonds. The average Bonchev–Trinajstić information content (AvgIpc) is 2.97. The van der Waals surface area contributed by atoms with Crippen LogP contribution in [0, 0.1) is 5.82 Å². The minimum atomic E-state index is -0.385. The maximum atomic E-state index is 13.7. The number of amides is 1. The first kappa shape index (κ1) is 17.3. The fourth-order valence-electron chi connectivity index (χ4n) is 3.13. The Morgan fingerprint density at radius 3 is 2.52 bits per heavy atom. The van der Waals surface area contributed by atoms with Crippen molar-refractivity contribution in [2.45, 2.75) is 0 Å². The van der Waals surface area contributed by atoms with Gasteiger partial charge >= 0.3 is 0 Å². The average molecular weight is 380 g/mol. The number of hydrogen-bond acceptors (Lipinski definition) is 2. The van der Waals surface area contributed by atoms with Gasteiger partial charge in [-0.15, -0.1) is 0 Å². The van der Waals surface area contributed by atoms with Crippen LogP contribution in [0.1, 0.15) is 11.1 Å². The van der Waals surface area contributed by atoms with E-state index in [0.29, 0.717) is 27.6 Å². The van der Waals surface area contributed by atoms with Crippen molar-refractivity contribution in [2.75, 3.05) is 12.4 Å². The lowest BCUT2D eigenvalue weighted by Crippen LogP contribution is -2.03. The lowest BCUT2D eigenvalue weighted by Gasteiger charge is -2.10. The Morgan fingerprint density at radius 2 is 1.78 bits per heavy atom. The highest BCUT2D eigenvalue weighted by Crippen LogP contribution is 2.36. The minimum Gasteiger partial charge on any atom is -0.497 e. The summed E-state index contributed by atoms with van der Waals surface area (Å²) in [6.07, 6.45) is 1.77. The summed E-state index contributed by atoms with van der Waals surface area (Å²) in [5.74, 6) is 0.0571. The molecule has 0 saturated heterocycles. The van der Waals surface area contributed by atoms with Gasteiger partial charge < -0.3 is 10.1 Å². The quantitative estimate of drug-likeness (QED) is 0.597. The Bertz CT molecular complexity index is 1070. The first-order chi connectivity index (χ1) is 13.0. The summed E-state index contributed by atoms with van der Waals surface area (Å²) in [5, 5.41) is 3.41. The molecule has 0 aromatic heterocycles. The van der Waals surface area contributed by atoms with Crippen molar-refractivity contribution < 1.29 is 13.9 Å². The van der Waals surface area contributed by atoms with E-state index in [2.05, 4.69) is 5.32 Å². The van der Waals surface area contributed by atoms with Crippen LogP contribution in [0.25, 0.3) is 22.8 Å². The number of anilines is 1. The van der Waals surface area contributed by atoms with Gasteiger partial charge in [-0.2, -0.15) is 0 Å². The van der Waals surface area contributed by atoms with E-state index in [1.54, 1.807) is 31.4 Å². The van der Waals surface area contributed by atoms with Crippen molar-refractivity contribution in [3.63, 3.8) is 0 Å². The largest absolute Gasteiger partial charge is 0.497 e. The van der Waals surface area contributed by atoms with Crippen LogP contribution >= 0.6 is 11.6 Å². The van der Waals surface area contributed by atoms with Crippen LogP contribution < -0.4 is 10.1 Å². The molecule has 0 atom stereocenters. The van der Waals surface area contributed by atoms with E-state index < -0.39 is 0 Å². The number of rotatable bonds is 3. The second-order valence-corrected chi connectivity index (χ2v) is 6.60. The van der Waals surface area contributed by atoms with Crippen LogP contribution in [-0.4, -0.2) is 13.0 Å². The monoisotopic (exact) mass is 379 g/mol. The van der Waals surface area contributed by atoms with E-state index in [9.17, 15) is 9.18 Å². The standard InChI is InChI=1S/C22H15ClFNO2/c1-27-17-8-4-14(18(12-17)13-2-5-15(23)6-3-13)10-20-19-11-16(24)7-9-21(19)25-22(20)26/h2-12H,1H3,(H,25,26)/b20-10+. The zero-order valence-electron chi connectivity index (χ0n) is 14.4. The summed E-state index contributed by atoms with van der Waals surface area (Å²) in [7, 11) is 1.60. The molecule has 0 saturated carbocycles. The number of carbonyl (C=O) groups is 1. The molecule has 134 valence electrons. The van der Waals surface area contributed by atoms with Gasteiger partial charge in [-0.05, 0) is 65.2 Å². The Morgan fingerprint density at radius 1 is 1.00 bits per heavy atom. The van der Waals surface area contributed by atoms with Gasteiger partial charge in [-0.3, -0.25) is 4.79 Å². The van der Waals surface area contributed by atoms with Crippen molar-refractivity contribution in [1.82, 2.24) is 0 Å². The normalized spacial score (nSPS) is 14.2. The van der Waals surface area contributed by atoms with E-state index in [1.807, 2.05) is 30.3 Å². The molecule has 5 heteroatoms. The highest BCUT2D eigenvalue weighted by Gasteiger charge is 2.25. The maximum absolute atomic E-state index is 13.7. The molecule has 0 bridgehead atoms. The molecule has 0 radical (unpaired) electrons. The summed E-state index contributed by atoms with van der Waals surface area (Å²) >= 11 is 6.00. The molecule has 3 nitrogen and oxygen atoms in total. The lowest BCUT2D eigenvalue weighted by molar-refractivity contribution is -0.110. The number of methoxy groups -OCH3 is 1. The Balaban J connectivity index is 1.88. The maximum Gasteiger partial charge on any atom is 0.256 e. The van der Waals surface area contributed by atoms with Gasteiger partial charge in [0.05, 0.1) is 7.11 Å². The van der Waals surface area contributed by atoms with Gasteiger partial charge in [0, 0.05) is 21.8 Å². The molecule has 1 N–H and O–H groups in total. The summed E-state index contributed by atoms with van der Waals surface area (Å²) in [4.78, 5) is 12.4. The summed E-state index contributed by atoms with van der Waals surface area (Å²) in [6.45, 7) is 0. The summed E-state index contributed by atoms with van der Waals surface area (Å²) in [6, 6.07) is 17.3. The number of carbonyl (C=O) groups excluding carboxylic acids is 1. The molecule has 3 aromatic rings. The molecule has 1 heterocycles. The van der Waals surface area contributed by atoms with E-state index in [0.717, 1.165) is 16.7 Å². The lowest BCUT2D eigenvalue weighted by atomic mass is 9.96. The number of fused-ring (bicyclic) bond motifs is 1. The predicted octanol–water partition coefficient (Wildman–Crippen LogP) is 5.65. The fraction of sp³-hybridized carbons (Fsp3) is 0.0455. The van der Waals surface area contributed by atoms with Crippen LogP contribution in [0.2, 0.25) is 5.02 Å². The third-order valence-electron chi connectivity index (χ3n) is 4.48. The van der Waals surface area contributed by atoms with Crippen LogP contribution in [-0.2, 0) is 4.79 Å². The van der Waals surface area contributed by atoms with E-state index >= 15 is 0 Å². The van der Waals surface area contributed by atoms with Gasteiger partial charge in [0.1, 0.15) is 11.6 Å². The minimum absolute atomic E-state index is 0.256. The van der Waals surface area contributed by atoms with Crippen molar-refractivity contribution in [1.29, 1.82) is 0 Å². The zero-order valence-corrected chi connectivity index (χ0v) is 15.2. The molecule has 1 aliphatic heterocycles. The Hall–Kier alpha value is -3.11. The second kappa shape index (κ2) is 6.89. The molecular formula is C22H15ClFNO2. The molecule has 0 fully saturated rings. The molecular weight excluding hydrogens is 365 g/mol. The number of ether oxygens (including phenoxy) is 1. The molecule has 4 rings (SSSR count). The second-order valence-electron chi connectivity index (χ2n) is 6.16. The SMILES string of the molecule is COc1ccc(/C=C2/C(=O)Nc3ccc(F)cc32)c(-c2ccc(Cl)cc2)c1. The number of halogens is 2. The van der Waals surface area contributed by atoms with Crippen LogP contribution in [0.3, 0.4) is 0 Å². The van der Waals surface area contributed by atoms with Crippen molar-refractivity contribution in [3.8, 4) is 16.9 Å².